The fraction of sp³-hybridized carbons (Fsp3) is 0.600. The SMILES string of the molecule is CC=C1C(=O)OC2(CCCC2)OC1=O. The lowest BCUT2D eigenvalue weighted by Crippen LogP contribution is -2.44. The van der Waals surface area contributed by atoms with Crippen molar-refractivity contribution >= 4 is 11.9 Å². The van der Waals surface area contributed by atoms with Crippen molar-refractivity contribution in [3.63, 3.8) is 0 Å². The lowest BCUT2D eigenvalue weighted by atomic mass is 10.1. The first-order chi connectivity index (χ1) is 6.67. The lowest BCUT2D eigenvalue weighted by molar-refractivity contribution is -0.232. The minimum Gasteiger partial charge on any atom is -0.419 e. The number of esters is 2. The van der Waals surface area contributed by atoms with Crippen molar-refractivity contribution in [2.75, 3.05) is 0 Å². The molecule has 76 valence electrons. The molecule has 0 atom stereocenters. The first-order valence-corrected chi connectivity index (χ1v) is 4.80. The van der Waals surface area contributed by atoms with E-state index in [2.05, 4.69) is 0 Å². The molecule has 0 radical (unpaired) electrons. The summed E-state index contributed by atoms with van der Waals surface area (Å²) in [7, 11) is 0. The Bertz CT molecular complexity index is 288. The van der Waals surface area contributed by atoms with E-state index in [4.69, 9.17) is 9.47 Å². The summed E-state index contributed by atoms with van der Waals surface area (Å²) in [5.74, 6) is -2.04. The average molecular weight is 196 g/mol. The van der Waals surface area contributed by atoms with Crippen LogP contribution >= 0.6 is 0 Å². The Balaban J connectivity index is 2.23. The van der Waals surface area contributed by atoms with E-state index in [1.54, 1.807) is 6.92 Å². The van der Waals surface area contributed by atoms with Gasteiger partial charge in [-0.15, -0.1) is 0 Å². The summed E-state index contributed by atoms with van der Waals surface area (Å²) < 4.78 is 10.3. The van der Waals surface area contributed by atoms with E-state index in [1.165, 1.54) is 6.08 Å². The Kier molecular flexibility index (Phi) is 2.06. The highest BCUT2D eigenvalue weighted by molar-refractivity contribution is 6.15. The van der Waals surface area contributed by atoms with Crippen LogP contribution in [0, 0.1) is 0 Å². The molecule has 0 amide bonds. The molecule has 1 aliphatic heterocycles. The predicted molar refractivity (Wildman–Crippen MR) is 47.1 cm³/mol. The van der Waals surface area contributed by atoms with E-state index in [-0.39, 0.29) is 5.57 Å². The number of hydrogen-bond donors (Lipinski definition) is 0. The molecular formula is C10H12O4. The van der Waals surface area contributed by atoms with Crippen molar-refractivity contribution in [2.45, 2.75) is 38.4 Å². The van der Waals surface area contributed by atoms with Crippen molar-refractivity contribution in [1.82, 2.24) is 0 Å². The van der Waals surface area contributed by atoms with Gasteiger partial charge < -0.3 is 9.47 Å². The lowest BCUT2D eigenvalue weighted by Gasteiger charge is -2.32. The van der Waals surface area contributed by atoms with E-state index in [0.29, 0.717) is 12.8 Å². The molecule has 0 N–H and O–H groups in total. The summed E-state index contributed by atoms with van der Waals surface area (Å²) in [6.07, 6.45) is 4.55. The molecule has 1 heterocycles. The highest BCUT2D eigenvalue weighted by atomic mass is 16.7. The quantitative estimate of drug-likeness (QED) is 0.333. The smallest absolute Gasteiger partial charge is 0.348 e. The minimum atomic E-state index is -0.944. The van der Waals surface area contributed by atoms with Gasteiger partial charge in [0, 0.05) is 12.8 Å². The number of allylic oxidation sites excluding steroid dienone is 1. The molecule has 0 unspecified atom stereocenters. The molecule has 1 saturated carbocycles. The average Bonchev–Trinajstić information content (AvgIpc) is 2.52. The Hall–Kier alpha value is -1.32. The van der Waals surface area contributed by atoms with E-state index >= 15 is 0 Å². The van der Waals surface area contributed by atoms with E-state index < -0.39 is 17.7 Å². The molecular weight excluding hydrogens is 184 g/mol. The Morgan fingerprint density at radius 3 is 2.07 bits per heavy atom. The van der Waals surface area contributed by atoms with Gasteiger partial charge >= 0.3 is 11.9 Å². The van der Waals surface area contributed by atoms with Gasteiger partial charge in [-0.05, 0) is 19.8 Å². The van der Waals surface area contributed by atoms with Gasteiger partial charge in [-0.1, -0.05) is 6.08 Å². The summed E-state index contributed by atoms with van der Waals surface area (Å²) in [6.45, 7) is 1.62. The third-order valence-electron chi connectivity index (χ3n) is 2.65. The number of carbonyl (C=O) groups is 2. The van der Waals surface area contributed by atoms with Crippen molar-refractivity contribution in [1.29, 1.82) is 0 Å². The third-order valence-corrected chi connectivity index (χ3v) is 2.65. The number of ether oxygens (including phenoxy) is 2. The highest BCUT2D eigenvalue weighted by Gasteiger charge is 2.47. The largest absolute Gasteiger partial charge is 0.419 e. The van der Waals surface area contributed by atoms with Gasteiger partial charge in [0.05, 0.1) is 0 Å². The topological polar surface area (TPSA) is 52.6 Å². The zero-order valence-corrected chi connectivity index (χ0v) is 8.04. The maximum absolute atomic E-state index is 11.4. The fourth-order valence-electron chi connectivity index (χ4n) is 1.91. The number of hydrogen-bond acceptors (Lipinski definition) is 4. The summed E-state index contributed by atoms with van der Waals surface area (Å²) in [4.78, 5) is 22.8. The molecule has 1 saturated heterocycles. The summed E-state index contributed by atoms with van der Waals surface area (Å²) in [5.41, 5.74) is 0.00234. The van der Waals surface area contributed by atoms with E-state index in [1.807, 2.05) is 0 Å². The summed E-state index contributed by atoms with van der Waals surface area (Å²) in [5, 5.41) is 0. The van der Waals surface area contributed by atoms with Gasteiger partial charge in [-0.2, -0.15) is 0 Å². The van der Waals surface area contributed by atoms with E-state index in [0.717, 1.165) is 12.8 Å². The third kappa shape index (κ3) is 1.31. The van der Waals surface area contributed by atoms with Gasteiger partial charge in [0.15, 0.2) is 0 Å². The number of rotatable bonds is 0. The second-order valence-electron chi connectivity index (χ2n) is 3.60. The van der Waals surface area contributed by atoms with Crippen LogP contribution < -0.4 is 0 Å². The zero-order valence-electron chi connectivity index (χ0n) is 8.04. The molecule has 2 rings (SSSR count). The monoisotopic (exact) mass is 196 g/mol. The van der Waals surface area contributed by atoms with Gasteiger partial charge in [0.1, 0.15) is 5.57 Å². The Morgan fingerprint density at radius 1 is 1.14 bits per heavy atom. The fourth-order valence-corrected chi connectivity index (χ4v) is 1.91. The molecule has 4 nitrogen and oxygen atoms in total. The summed E-state index contributed by atoms with van der Waals surface area (Å²) >= 11 is 0. The first kappa shape index (κ1) is 9.24. The summed E-state index contributed by atoms with van der Waals surface area (Å²) in [6, 6.07) is 0. The molecule has 0 aromatic carbocycles. The Morgan fingerprint density at radius 2 is 1.64 bits per heavy atom. The molecule has 4 heteroatoms. The highest BCUT2D eigenvalue weighted by Crippen LogP contribution is 2.38. The van der Waals surface area contributed by atoms with Gasteiger partial charge in [0.25, 0.3) is 5.79 Å². The van der Waals surface area contributed by atoms with Crippen LogP contribution in [0.4, 0.5) is 0 Å². The van der Waals surface area contributed by atoms with Crippen molar-refractivity contribution < 1.29 is 19.1 Å². The van der Waals surface area contributed by atoms with Crippen LogP contribution in [0.5, 0.6) is 0 Å². The molecule has 2 fully saturated rings. The molecule has 2 aliphatic rings. The van der Waals surface area contributed by atoms with Gasteiger partial charge in [0.2, 0.25) is 0 Å². The van der Waals surface area contributed by atoms with E-state index in [9.17, 15) is 9.59 Å². The molecule has 14 heavy (non-hydrogen) atoms. The van der Waals surface area contributed by atoms with Crippen molar-refractivity contribution in [3.05, 3.63) is 11.6 Å². The molecule has 0 bridgehead atoms. The number of carbonyl (C=O) groups excluding carboxylic acids is 2. The van der Waals surface area contributed by atoms with Crippen LogP contribution in [0.3, 0.4) is 0 Å². The maximum atomic E-state index is 11.4. The van der Waals surface area contributed by atoms with Crippen LogP contribution in [0.25, 0.3) is 0 Å². The Labute approximate surface area is 81.9 Å². The van der Waals surface area contributed by atoms with Gasteiger partial charge in [-0.3, -0.25) is 0 Å². The van der Waals surface area contributed by atoms with Crippen LogP contribution in [-0.4, -0.2) is 17.7 Å². The first-order valence-electron chi connectivity index (χ1n) is 4.80. The molecule has 0 aromatic rings. The van der Waals surface area contributed by atoms with Crippen molar-refractivity contribution in [3.8, 4) is 0 Å². The molecule has 1 spiro atoms. The normalized spacial score (nSPS) is 24.8. The van der Waals surface area contributed by atoms with Crippen LogP contribution in [0.2, 0.25) is 0 Å². The second-order valence-corrected chi connectivity index (χ2v) is 3.60. The zero-order chi connectivity index (χ0) is 10.2. The van der Waals surface area contributed by atoms with Crippen LogP contribution in [0.1, 0.15) is 32.6 Å². The standard InChI is InChI=1S/C10H12O4/c1-2-7-8(11)13-10(14-9(7)12)5-3-4-6-10/h2H,3-6H2,1H3. The second kappa shape index (κ2) is 3.12. The minimum absolute atomic E-state index is 0.00234. The maximum Gasteiger partial charge on any atom is 0.348 e. The van der Waals surface area contributed by atoms with Crippen LogP contribution in [0.15, 0.2) is 11.6 Å². The molecule has 1 aliphatic carbocycles. The van der Waals surface area contributed by atoms with Crippen LogP contribution in [-0.2, 0) is 19.1 Å². The molecule has 0 aromatic heterocycles. The van der Waals surface area contributed by atoms with Crippen molar-refractivity contribution in [2.24, 2.45) is 0 Å². The van der Waals surface area contributed by atoms with Gasteiger partial charge in [-0.25, -0.2) is 9.59 Å². The predicted octanol–water partition coefficient (Wildman–Crippen LogP) is 1.30.